The van der Waals surface area contributed by atoms with Gasteiger partial charge in [0, 0.05) is 0 Å². The molecule has 2 bridgehead atoms. The van der Waals surface area contributed by atoms with Gasteiger partial charge in [0.25, 0.3) is 0 Å². The van der Waals surface area contributed by atoms with Crippen LogP contribution in [0.1, 0.15) is 80.6 Å². The lowest BCUT2D eigenvalue weighted by atomic mass is 9.43. The first-order valence-electron chi connectivity index (χ1n) is 13.5. The molecule has 0 aromatic rings. The van der Waals surface area contributed by atoms with Crippen molar-refractivity contribution >= 4 is 33.0 Å². The molecule has 1 saturated heterocycles. The van der Waals surface area contributed by atoms with Crippen molar-refractivity contribution < 1.29 is 28.0 Å². The highest BCUT2D eigenvalue weighted by molar-refractivity contribution is 6.74. The van der Waals surface area contributed by atoms with E-state index < -0.39 is 20.7 Å². The van der Waals surface area contributed by atoms with Gasteiger partial charge < -0.3 is 23.2 Å². The van der Waals surface area contributed by atoms with Gasteiger partial charge >= 0.3 is 13.1 Å². The van der Waals surface area contributed by atoms with Crippen LogP contribution in [0.5, 0.6) is 0 Å². The minimum atomic E-state index is -2.09. The molecule has 6 atom stereocenters. The van der Waals surface area contributed by atoms with Gasteiger partial charge in [-0.1, -0.05) is 48.0 Å². The lowest BCUT2D eigenvalue weighted by Gasteiger charge is -2.64. The molecule has 202 valence electrons. The molecule has 3 aliphatic carbocycles. The minimum Gasteiger partial charge on any atom is -0.466 e. The van der Waals surface area contributed by atoms with Crippen LogP contribution in [-0.4, -0.2) is 64.3 Å². The molecule has 1 unspecified atom stereocenters. The maximum atomic E-state index is 12.4. The van der Waals surface area contributed by atoms with Crippen LogP contribution < -0.4 is 0 Å². The van der Waals surface area contributed by atoms with Gasteiger partial charge in [0.2, 0.25) is 0 Å². The molecule has 0 spiro atoms. The van der Waals surface area contributed by atoms with Crippen LogP contribution in [0.4, 0.5) is 0 Å². The Balaban J connectivity index is 1.53. The molecule has 1 aliphatic heterocycles. The van der Waals surface area contributed by atoms with E-state index in [2.05, 4.69) is 61.6 Å². The molecule has 35 heavy (non-hydrogen) atoms. The quantitative estimate of drug-likeness (QED) is 0.133. The Morgan fingerprint density at radius 3 is 2.49 bits per heavy atom. The standard InChI is InChI=1S/C26H48BClO6Si/c1-10-11-12-31-23(29)15-19(33-35(8,9)24(2,3)4)16-30-17-22(28)27-32-21-14-18-13-20(25(18,5)6)26(21,7)34-27/h18-22H,10-17H2,1-9H3/t18-,19?,20-,21+,22+,26-/m0/s1. The average Bonchev–Trinajstić information content (AvgIpc) is 3.09. The Bertz CT molecular complexity index is 744. The molecule has 0 aromatic carbocycles. The van der Waals surface area contributed by atoms with Crippen molar-refractivity contribution in [1.82, 2.24) is 0 Å². The number of alkyl halides is 1. The van der Waals surface area contributed by atoms with Gasteiger partial charge in [-0.3, -0.25) is 4.79 Å². The van der Waals surface area contributed by atoms with E-state index in [1.807, 2.05) is 0 Å². The fourth-order valence-electron chi connectivity index (χ4n) is 5.75. The van der Waals surface area contributed by atoms with E-state index in [0.29, 0.717) is 23.9 Å². The summed E-state index contributed by atoms with van der Waals surface area (Å²) in [7, 11) is -2.58. The normalized spacial score (nSPS) is 31.5. The van der Waals surface area contributed by atoms with Crippen LogP contribution in [0.3, 0.4) is 0 Å². The van der Waals surface area contributed by atoms with Crippen molar-refractivity contribution in [2.24, 2.45) is 17.3 Å². The predicted molar refractivity (Wildman–Crippen MR) is 143 cm³/mol. The Morgan fingerprint density at radius 1 is 1.20 bits per heavy atom. The van der Waals surface area contributed by atoms with Crippen LogP contribution in [0.2, 0.25) is 18.1 Å². The predicted octanol–water partition coefficient (Wildman–Crippen LogP) is 6.00. The van der Waals surface area contributed by atoms with Gasteiger partial charge in [-0.2, -0.15) is 0 Å². The fourth-order valence-corrected chi connectivity index (χ4v) is 7.29. The molecule has 4 fully saturated rings. The van der Waals surface area contributed by atoms with Crippen LogP contribution in [0.15, 0.2) is 0 Å². The number of carbonyl (C=O) groups excluding carboxylic acids is 1. The van der Waals surface area contributed by atoms with Gasteiger partial charge in [-0.25, -0.2) is 0 Å². The molecule has 0 N–H and O–H groups in total. The first-order chi connectivity index (χ1) is 16.1. The highest BCUT2D eigenvalue weighted by atomic mass is 35.5. The number of esters is 1. The molecule has 1 heterocycles. The van der Waals surface area contributed by atoms with Crippen LogP contribution >= 0.6 is 11.6 Å². The molecule has 0 radical (unpaired) electrons. The van der Waals surface area contributed by atoms with Crippen molar-refractivity contribution in [3.63, 3.8) is 0 Å². The Kier molecular flexibility index (Phi) is 9.20. The second-order valence-corrected chi connectivity index (χ2v) is 18.5. The summed E-state index contributed by atoms with van der Waals surface area (Å²) < 4.78 is 30.7. The number of unbranched alkanes of at least 4 members (excludes halogenated alkanes) is 1. The molecule has 9 heteroatoms. The van der Waals surface area contributed by atoms with Crippen molar-refractivity contribution in [3.05, 3.63) is 0 Å². The fraction of sp³-hybridized carbons (Fsp3) is 0.962. The van der Waals surface area contributed by atoms with E-state index in [1.165, 1.54) is 6.42 Å². The molecule has 4 aliphatic rings. The minimum absolute atomic E-state index is 0.0259. The Hall–Kier alpha value is -0.118. The number of carbonyl (C=O) groups is 1. The molecular weight excluding hydrogens is 483 g/mol. The van der Waals surface area contributed by atoms with Gasteiger partial charge in [-0.15, -0.1) is 11.6 Å². The Labute approximate surface area is 219 Å². The number of halogens is 1. The lowest BCUT2D eigenvalue weighted by Crippen LogP contribution is -2.65. The summed E-state index contributed by atoms with van der Waals surface area (Å²) in [5.74, 6) is 0.951. The summed E-state index contributed by atoms with van der Waals surface area (Å²) in [5, 5.41) is -0.402. The topological polar surface area (TPSA) is 63.2 Å². The van der Waals surface area contributed by atoms with E-state index in [0.717, 1.165) is 19.3 Å². The number of rotatable bonds is 12. The van der Waals surface area contributed by atoms with Crippen molar-refractivity contribution in [1.29, 1.82) is 0 Å². The summed E-state index contributed by atoms with van der Waals surface area (Å²) in [4.78, 5) is 12.4. The maximum Gasteiger partial charge on any atom is 0.479 e. The zero-order valence-electron chi connectivity index (χ0n) is 23.4. The molecule has 3 saturated carbocycles. The second-order valence-electron chi connectivity index (χ2n) is 13.2. The summed E-state index contributed by atoms with van der Waals surface area (Å²) in [6.45, 7) is 20.9. The van der Waals surface area contributed by atoms with E-state index in [1.54, 1.807) is 0 Å². The smallest absolute Gasteiger partial charge is 0.466 e. The summed E-state index contributed by atoms with van der Waals surface area (Å²) in [6.07, 6.45) is 4.00. The second kappa shape index (κ2) is 10.9. The number of hydrogen-bond acceptors (Lipinski definition) is 6. The Morgan fingerprint density at radius 2 is 1.89 bits per heavy atom. The molecule has 4 rings (SSSR count). The molecule has 0 amide bonds. The van der Waals surface area contributed by atoms with Crippen LogP contribution in [-0.2, 0) is 28.0 Å². The van der Waals surface area contributed by atoms with Gasteiger partial charge in [0.15, 0.2) is 8.32 Å². The van der Waals surface area contributed by atoms with Crippen molar-refractivity contribution in [2.45, 2.75) is 122 Å². The highest BCUT2D eigenvalue weighted by Gasteiger charge is 2.68. The van der Waals surface area contributed by atoms with Crippen LogP contribution in [0.25, 0.3) is 0 Å². The molecule has 0 aromatic heterocycles. The number of hydrogen-bond donors (Lipinski definition) is 0. The average molecular weight is 531 g/mol. The summed E-state index contributed by atoms with van der Waals surface area (Å²) in [6, 6.07) is 0. The third-order valence-corrected chi connectivity index (χ3v) is 14.1. The maximum absolute atomic E-state index is 12.4. The van der Waals surface area contributed by atoms with Crippen molar-refractivity contribution in [2.75, 3.05) is 19.8 Å². The lowest BCUT2D eigenvalue weighted by molar-refractivity contribution is -0.199. The highest BCUT2D eigenvalue weighted by Crippen LogP contribution is 2.65. The van der Waals surface area contributed by atoms with Gasteiger partial charge in [-0.05, 0) is 61.6 Å². The van der Waals surface area contributed by atoms with Gasteiger partial charge in [0.05, 0.1) is 49.3 Å². The van der Waals surface area contributed by atoms with E-state index in [4.69, 9.17) is 34.8 Å². The largest absolute Gasteiger partial charge is 0.479 e. The zero-order chi connectivity index (χ0) is 26.2. The van der Waals surface area contributed by atoms with Gasteiger partial charge in [0.1, 0.15) is 0 Å². The SMILES string of the molecule is CCCCOC(=O)CC(COC[C@@H](Cl)B1O[C@@H]2C[C@@H]3C[C@@H](C3(C)C)[C@]2(C)O1)O[Si](C)(C)C(C)(C)C. The monoisotopic (exact) mass is 530 g/mol. The third-order valence-electron chi connectivity index (χ3n) is 9.27. The first-order valence-corrected chi connectivity index (χ1v) is 16.8. The molecule has 6 nitrogen and oxygen atoms in total. The van der Waals surface area contributed by atoms with E-state index in [-0.39, 0.29) is 48.5 Å². The first kappa shape index (κ1) is 29.4. The summed E-state index contributed by atoms with van der Waals surface area (Å²) in [5.41, 5.74) is 0.00807. The van der Waals surface area contributed by atoms with E-state index >= 15 is 0 Å². The number of ether oxygens (including phenoxy) is 2. The summed E-state index contributed by atoms with van der Waals surface area (Å²) >= 11 is 6.73. The third kappa shape index (κ3) is 6.31. The zero-order valence-corrected chi connectivity index (χ0v) is 25.2. The molecular formula is C26H48BClO6Si. The van der Waals surface area contributed by atoms with E-state index in [9.17, 15) is 4.79 Å². The van der Waals surface area contributed by atoms with Crippen LogP contribution in [0, 0.1) is 17.3 Å². The van der Waals surface area contributed by atoms with Crippen molar-refractivity contribution in [3.8, 4) is 0 Å².